The third-order valence-electron chi connectivity index (χ3n) is 6.31. The van der Waals surface area contributed by atoms with Crippen LogP contribution in [0.1, 0.15) is 43.7 Å². The molecule has 0 saturated carbocycles. The van der Waals surface area contributed by atoms with E-state index in [0.29, 0.717) is 30.6 Å². The van der Waals surface area contributed by atoms with Crippen LogP contribution in [-0.2, 0) is 20.7 Å². The highest BCUT2D eigenvalue weighted by atomic mass is 32.2. The third kappa shape index (κ3) is 8.95. The van der Waals surface area contributed by atoms with Gasteiger partial charge in [-0.25, -0.2) is 4.79 Å². The highest BCUT2D eigenvalue weighted by molar-refractivity contribution is 7.98. The van der Waals surface area contributed by atoms with Gasteiger partial charge in [-0.15, -0.1) is 0 Å². The lowest BCUT2D eigenvalue weighted by atomic mass is 9.94. The van der Waals surface area contributed by atoms with Gasteiger partial charge in [0.2, 0.25) is 5.91 Å². The van der Waals surface area contributed by atoms with Crippen molar-refractivity contribution in [3.63, 3.8) is 0 Å². The summed E-state index contributed by atoms with van der Waals surface area (Å²) in [4.78, 5) is 27.7. The molecule has 0 spiro atoms. The molecule has 1 aliphatic rings. The van der Waals surface area contributed by atoms with Crippen LogP contribution in [-0.4, -0.2) is 72.9 Å². The average Bonchev–Trinajstić information content (AvgIpc) is 3.23. The number of hydrogen-bond acceptors (Lipinski definition) is 7. The van der Waals surface area contributed by atoms with Gasteiger partial charge in [-0.05, 0) is 54.2 Å². The van der Waals surface area contributed by atoms with Gasteiger partial charge in [0, 0.05) is 24.9 Å². The smallest absolute Gasteiger partial charge is 0.328 e. The maximum atomic E-state index is 13.3. The first kappa shape index (κ1) is 28.8. The molecule has 8 heteroatoms. The van der Waals surface area contributed by atoms with E-state index in [-0.39, 0.29) is 18.0 Å². The monoisotopic (exact) mass is 507 g/mol. The second-order valence-electron chi connectivity index (χ2n) is 9.31. The van der Waals surface area contributed by atoms with E-state index >= 15 is 0 Å². The van der Waals surface area contributed by atoms with Gasteiger partial charge in [0.1, 0.15) is 6.04 Å². The van der Waals surface area contributed by atoms with E-state index in [1.54, 1.807) is 11.8 Å². The molecule has 0 aliphatic carbocycles. The quantitative estimate of drug-likeness (QED) is 0.216. The average molecular weight is 508 g/mol. The minimum absolute atomic E-state index is 0.108. The number of amides is 1. The molecular formula is C26H41N3O3S2. The summed E-state index contributed by atoms with van der Waals surface area (Å²) in [5.41, 5.74) is 8.58. The SMILES string of the molecule is COC(=O)[C@H](CCSC)NC(=O)[C@@H]1C[C@H](Cc2ccc(C(C)C)cc2)CN1C/C=C/[C@@H](N)CS. The first-order valence-electron chi connectivity index (χ1n) is 12.0. The van der Waals surface area contributed by atoms with Crippen molar-refractivity contribution in [1.29, 1.82) is 0 Å². The summed E-state index contributed by atoms with van der Waals surface area (Å²) >= 11 is 5.87. The number of rotatable bonds is 13. The number of benzene rings is 1. The van der Waals surface area contributed by atoms with Crippen LogP contribution < -0.4 is 11.1 Å². The highest BCUT2D eigenvalue weighted by Crippen LogP contribution is 2.27. The summed E-state index contributed by atoms with van der Waals surface area (Å²) in [5, 5.41) is 2.96. The molecule has 1 aliphatic heterocycles. The van der Waals surface area contributed by atoms with E-state index in [9.17, 15) is 9.59 Å². The molecule has 2 rings (SSSR count). The van der Waals surface area contributed by atoms with Gasteiger partial charge in [0.05, 0.1) is 13.2 Å². The number of carbonyl (C=O) groups excluding carboxylic acids is 2. The molecule has 3 N–H and O–H groups in total. The summed E-state index contributed by atoms with van der Waals surface area (Å²) in [6.45, 7) is 5.84. The first-order chi connectivity index (χ1) is 16.3. The number of nitrogens with zero attached hydrogens (tertiary/aromatic N) is 1. The largest absolute Gasteiger partial charge is 0.467 e. The van der Waals surface area contributed by atoms with Crippen LogP contribution in [0.2, 0.25) is 0 Å². The number of hydrogen-bond donors (Lipinski definition) is 3. The van der Waals surface area contributed by atoms with Crippen molar-refractivity contribution in [3.05, 3.63) is 47.5 Å². The van der Waals surface area contributed by atoms with Gasteiger partial charge >= 0.3 is 5.97 Å². The maximum Gasteiger partial charge on any atom is 0.328 e. The molecule has 0 radical (unpaired) electrons. The zero-order valence-corrected chi connectivity index (χ0v) is 22.6. The second-order valence-corrected chi connectivity index (χ2v) is 10.7. The van der Waals surface area contributed by atoms with Crippen molar-refractivity contribution in [3.8, 4) is 0 Å². The number of methoxy groups -OCH3 is 1. The minimum Gasteiger partial charge on any atom is -0.467 e. The fourth-order valence-electron chi connectivity index (χ4n) is 4.32. The molecule has 0 bridgehead atoms. The number of ether oxygens (including phenoxy) is 1. The number of esters is 1. The van der Waals surface area contributed by atoms with Crippen molar-refractivity contribution in [1.82, 2.24) is 10.2 Å². The minimum atomic E-state index is -0.623. The van der Waals surface area contributed by atoms with Crippen LogP contribution in [0, 0.1) is 5.92 Å². The normalized spacial score (nSPS) is 20.6. The topological polar surface area (TPSA) is 84.7 Å². The Bertz CT molecular complexity index is 801. The summed E-state index contributed by atoms with van der Waals surface area (Å²) in [6, 6.07) is 7.78. The Morgan fingerprint density at radius 2 is 2.03 bits per heavy atom. The van der Waals surface area contributed by atoms with Crippen molar-refractivity contribution in [2.45, 2.75) is 57.2 Å². The Morgan fingerprint density at radius 3 is 2.62 bits per heavy atom. The number of thiol groups is 1. The molecule has 6 nitrogen and oxygen atoms in total. The van der Waals surface area contributed by atoms with Crippen LogP contribution in [0.25, 0.3) is 0 Å². The number of likely N-dealkylation sites (tertiary alicyclic amines) is 1. The van der Waals surface area contributed by atoms with Crippen molar-refractivity contribution in [2.75, 3.05) is 38.0 Å². The van der Waals surface area contributed by atoms with E-state index in [1.165, 1.54) is 18.2 Å². The van der Waals surface area contributed by atoms with E-state index < -0.39 is 12.0 Å². The molecule has 190 valence electrons. The van der Waals surface area contributed by atoms with Gasteiger partial charge in [-0.1, -0.05) is 50.3 Å². The molecule has 1 heterocycles. The maximum absolute atomic E-state index is 13.3. The zero-order valence-electron chi connectivity index (χ0n) is 20.9. The molecule has 1 saturated heterocycles. The summed E-state index contributed by atoms with van der Waals surface area (Å²) in [6.07, 6.45) is 8.16. The molecular weight excluding hydrogens is 466 g/mol. The lowest BCUT2D eigenvalue weighted by Crippen LogP contribution is -2.50. The summed E-state index contributed by atoms with van der Waals surface area (Å²) in [5.74, 6) is 1.71. The molecule has 1 amide bonds. The van der Waals surface area contributed by atoms with Crippen molar-refractivity contribution in [2.24, 2.45) is 11.7 Å². The molecule has 1 aromatic rings. The van der Waals surface area contributed by atoms with Gasteiger partial charge in [0.15, 0.2) is 0 Å². The van der Waals surface area contributed by atoms with Crippen molar-refractivity contribution >= 4 is 36.3 Å². The summed E-state index contributed by atoms with van der Waals surface area (Å²) < 4.78 is 4.92. The fraction of sp³-hybridized carbons (Fsp3) is 0.615. The van der Waals surface area contributed by atoms with E-state index in [4.69, 9.17) is 10.5 Å². The number of nitrogens with two attached hydrogens (primary N) is 1. The standard InChI is InChI=1S/C26H41N3O3S2/c1-18(2)21-9-7-19(8-10-21)14-20-15-24(29(16-20)12-5-6-22(27)17-33)25(30)28-23(11-13-34-4)26(31)32-3/h5-10,18,20,22-24,33H,11-17,27H2,1-4H3,(H,28,30)/b6-5+/t20-,22+,23-,24-/m0/s1. The van der Waals surface area contributed by atoms with Crippen LogP contribution >= 0.6 is 24.4 Å². The predicted molar refractivity (Wildman–Crippen MR) is 146 cm³/mol. The van der Waals surface area contributed by atoms with Crippen LogP contribution in [0.15, 0.2) is 36.4 Å². The Hall–Kier alpha value is -1.48. The summed E-state index contributed by atoms with van der Waals surface area (Å²) in [7, 11) is 1.36. The molecule has 0 unspecified atom stereocenters. The van der Waals surface area contributed by atoms with E-state index in [0.717, 1.165) is 25.1 Å². The Labute approximate surface area is 214 Å². The lowest BCUT2D eigenvalue weighted by Gasteiger charge is -2.24. The Balaban J connectivity index is 2.11. The Kier molecular flexibility index (Phi) is 12.5. The fourth-order valence-corrected chi connectivity index (χ4v) is 4.91. The molecule has 0 aromatic heterocycles. The number of carbonyl (C=O) groups is 2. The second kappa shape index (κ2) is 14.8. The van der Waals surface area contributed by atoms with Gasteiger partial charge in [-0.3, -0.25) is 9.69 Å². The number of thioether (sulfide) groups is 1. The zero-order chi connectivity index (χ0) is 25.1. The van der Waals surface area contributed by atoms with Gasteiger partial charge in [-0.2, -0.15) is 24.4 Å². The molecule has 1 aromatic carbocycles. The molecule has 34 heavy (non-hydrogen) atoms. The van der Waals surface area contributed by atoms with Gasteiger partial charge < -0.3 is 15.8 Å². The van der Waals surface area contributed by atoms with Crippen molar-refractivity contribution < 1.29 is 14.3 Å². The first-order valence-corrected chi connectivity index (χ1v) is 14.0. The number of nitrogens with one attached hydrogen (secondary N) is 1. The van der Waals surface area contributed by atoms with Gasteiger partial charge in [0.25, 0.3) is 0 Å². The van der Waals surface area contributed by atoms with Crippen LogP contribution in [0.4, 0.5) is 0 Å². The Morgan fingerprint density at radius 1 is 1.32 bits per heavy atom. The third-order valence-corrected chi connectivity index (χ3v) is 7.38. The van der Waals surface area contributed by atoms with E-state index in [2.05, 4.69) is 61.0 Å². The van der Waals surface area contributed by atoms with Crippen LogP contribution in [0.5, 0.6) is 0 Å². The molecule has 1 fully saturated rings. The lowest BCUT2D eigenvalue weighted by molar-refractivity contribution is -0.145. The highest BCUT2D eigenvalue weighted by Gasteiger charge is 2.37. The van der Waals surface area contributed by atoms with E-state index in [1.807, 2.05) is 18.4 Å². The molecule has 4 atom stereocenters. The predicted octanol–water partition coefficient (Wildman–Crippen LogP) is 3.27. The van der Waals surface area contributed by atoms with Crippen LogP contribution in [0.3, 0.4) is 0 Å².